The highest BCUT2D eigenvalue weighted by molar-refractivity contribution is 5.57. The van der Waals surface area contributed by atoms with Crippen LogP contribution in [0.4, 0.5) is 15.8 Å². The van der Waals surface area contributed by atoms with E-state index in [1.807, 2.05) is 6.07 Å². The fourth-order valence-electron chi connectivity index (χ4n) is 2.24. The average Bonchev–Trinajstić information content (AvgIpc) is 2.16. The summed E-state index contributed by atoms with van der Waals surface area (Å²) < 4.78 is 13.2. The SMILES string of the molecule is CC1CCCCN1c1cc(N)cc(F)c1. The zero-order chi connectivity index (χ0) is 10.8. The van der Waals surface area contributed by atoms with Gasteiger partial charge in [-0.15, -0.1) is 0 Å². The maximum Gasteiger partial charge on any atom is 0.127 e. The Morgan fingerprint density at radius 1 is 1.33 bits per heavy atom. The molecule has 1 atom stereocenters. The van der Waals surface area contributed by atoms with Gasteiger partial charge in [-0.2, -0.15) is 0 Å². The fourth-order valence-corrected chi connectivity index (χ4v) is 2.24. The van der Waals surface area contributed by atoms with Crippen molar-refractivity contribution < 1.29 is 4.39 Å². The summed E-state index contributed by atoms with van der Waals surface area (Å²) in [4.78, 5) is 2.24. The van der Waals surface area contributed by atoms with Gasteiger partial charge in [0.1, 0.15) is 5.82 Å². The molecule has 1 unspecified atom stereocenters. The zero-order valence-corrected chi connectivity index (χ0v) is 9.04. The lowest BCUT2D eigenvalue weighted by atomic mass is 10.0. The molecule has 0 spiro atoms. The second-order valence-electron chi connectivity index (χ2n) is 4.28. The summed E-state index contributed by atoms with van der Waals surface area (Å²) in [6.07, 6.45) is 3.62. The van der Waals surface area contributed by atoms with Crippen LogP contribution in [0.5, 0.6) is 0 Å². The first-order chi connectivity index (χ1) is 7.16. The maximum atomic E-state index is 13.2. The largest absolute Gasteiger partial charge is 0.399 e. The lowest BCUT2D eigenvalue weighted by Gasteiger charge is -2.35. The van der Waals surface area contributed by atoms with Crippen LogP contribution >= 0.6 is 0 Å². The normalized spacial score (nSPS) is 21.7. The summed E-state index contributed by atoms with van der Waals surface area (Å²) in [6, 6.07) is 5.27. The predicted octanol–water partition coefficient (Wildman–Crippen LogP) is 2.79. The number of nitrogens with two attached hydrogens (primary N) is 1. The van der Waals surface area contributed by atoms with Gasteiger partial charge in [0, 0.05) is 24.0 Å². The van der Waals surface area contributed by atoms with Crippen LogP contribution in [0.25, 0.3) is 0 Å². The highest BCUT2D eigenvalue weighted by Crippen LogP contribution is 2.26. The number of benzene rings is 1. The molecule has 1 saturated heterocycles. The van der Waals surface area contributed by atoms with E-state index < -0.39 is 0 Å². The molecule has 2 nitrogen and oxygen atoms in total. The van der Waals surface area contributed by atoms with E-state index in [1.165, 1.54) is 25.3 Å². The molecule has 1 heterocycles. The molecule has 0 bridgehead atoms. The number of nitrogen functional groups attached to an aromatic ring is 1. The molecular weight excluding hydrogens is 191 g/mol. The van der Waals surface area contributed by atoms with Gasteiger partial charge in [0.2, 0.25) is 0 Å². The van der Waals surface area contributed by atoms with Gasteiger partial charge < -0.3 is 10.6 Å². The first kappa shape index (κ1) is 10.3. The van der Waals surface area contributed by atoms with Gasteiger partial charge in [0.25, 0.3) is 0 Å². The average molecular weight is 208 g/mol. The summed E-state index contributed by atoms with van der Waals surface area (Å²) >= 11 is 0. The smallest absolute Gasteiger partial charge is 0.127 e. The number of anilines is 2. The Labute approximate surface area is 89.9 Å². The van der Waals surface area contributed by atoms with E-state index in [0.29, 0.717) is 11.7 Å². The number of nitrogens with zero attached hydrogens (tertiary/aromatic N) is 1. The molecule has 1 aliphatic rings. The van der Waals surface area contributed by atoms with Crippen LogP contribution in [0.3, 0.4) is 0 Å². The lowest BCUT2D eigenvalue weighted by molar-refractivity contribution is 0.484. The molecule has 0 saturated carbocycles. The van der Waals surface area contributed by atoms with Crippen molar-refractivity contribution in [2.24, 2.45) is 0 Å². The molecule has 0 aromatic heterocycles. The van der Waals surface area contributed by atoms with Gasteiger partial charge in [-0.3, -0.25) is 0 Å². The standard InChI is InChI=1S/C12H17FN2/c1-9-4-2-3-5-15(9)12-7-10(13)6-11(14)8-12/h6-9H,2-5,14H2,1H3. The summed E-state index contributed by atoms with van der Waals surface area (Å²) in [6.45, 7) is 3.18. The second kappa shape index (κ2) is 4.09. The summed E-state index contributed by atoms with van der Waals surface area (Å²) in [5.41, 5.74) is 7.06. The molecule has 3 heteroatoms. The van der Waals surface area contributed by atoms with Crippen LogP contribution < -0.4 is 10.6 Å². The van der Waals surface area contributed by atoms with Crippen molar-refractivity contribution >= 4 is 11.4 Å². The van der Waals surface area contributed by atoms with E-state index in [2.05, 4.69) is 11.8 Å². The molecular formula is C12H17FN2. The number of piperidine rings is 1. The van der Waals surface area contributed by atoms with Crippen LogP contribution in [-0.4, -0.2) is 12.6 Å². The van der Waals surface area contributed by atoms with Crippen LogP contribution in [0.1, 0.15) is 26.2 Å². The topological polar surface area (TPSA) is 29.3 Å². The molecule has 1 aliphatic heterocycles. The molecule has 1 fully saturated rings. The Kier molecular flexibility index (Phi) is 2.80. The number of hydrogen-bond donors (Lipinski definition) is 1. The van der Waals surface area contributed by atoms with Crippen molar-refractivity contribution in [3.8, 4) is 0 Å². The molecule has 2 N–H and O–H groups in total. The molecule has 1 aromatic carbocycles. The van der Waals surface area contributed by atoms with E-state index in [-0.39, 0.29) is 5.82 Å². The van der Waals surface area contributed by atoms with Gasteiger partial charge in [0.05, 0.1) is 0 Å². The molecule has 0 radical (unpaired) electrons. The Hall–Kier alpha value is -1.25. The van der Waals surface area contributed by atoms with Crippen LogP contribution in [0.2, 0.25) is 0 Å². The first-order valence-electron chi connectivity index (χ1n) is 5.49. The Morgan fingerprint density at radius 3 is 2.80 bits per heavy atom. The maximum absolute atomic E-state index is 13.2. The third-order valence-electron chi connectivity index (χ3n) is 3.04. The Balaban J connectivity index is 2.27. The summed E-state index contributed by atoms with van der Waals surface area (Å²) in [5, 5.41) is 0. The first-order valence-corrected chi connectivity index (χ1v) is 5.49. The van der Waals surface area contributed by atoms with Gasteiger partial charge >= 0.3 is 0 Å². The van der Waals surface area contributed by atoms with E-state index in [9.17, 15) is 4.39 Å². The number of rotatable bonds is 1. The van der Waals surface area contributed by atoms with Crippen molar-refractivity contribution in [3.05, 3.63) is 24.0 Å². The third kappa shape index (κ3) is 2.22. The molecule has 0 aliphatic carbocycles. The van der Waals surface area contributed by atoms with Gasteiger partial charge in [0.15, 0.2) is 0 Å². The fraction of sp³-hybridized carbons (Fsp3) is 0.500. The minimum atomic E-state index is -0.247. The van der Waals surface area contributed by atoms with E-state index in [0.717, 1.165) is 12.2 Å². The minimum Gasteiger partial charge on any atom is -0.399 e. The van der Waals surface area contributed by atoms with E-state index in [4.69, 9.17) is 5.73 Å². The van der Waals surface area contributed by atoms with Gasteiger partial charge in [-0.1, -0.05) is 0 Å². The van der Waals surface area contributed by atoms with Crippen LogP contribution in [-0.2, 0) is 0 Å². The Bertz CT molecular complexity index is 331. The third-order valence-corrected chi connectivity index (χ3v) is 3.04. The second-order valence-corrected chi connectivity index (χ2v) is 4.28. The molecule has 1 aromatic rings. The number of hydrogen-bond acceptors (Lipinski definition) is 2. The van der Waals surface area contributed by atoms with Crippen molar-refractivity contribution in [1.82, 2.24) is 0 Å². The minimum absolute atomic E-state index is 0.247. The zero-order valence-electron chi connectivity index (χ0n) is 9.04. The van der Waals surface area contributed by atoms with Crippen molar-refractivity contribution in [2.45, 2.75) is 32.2 Å². The molecule has 82 valence electrons. The molecule has 15 heavy (non-hydrogen) atoms. The van der Waals surface area contributed by atoms with Crippen molar-refractivity contribution in [1.29, 1.82) is 0 Å². The van der Waals surface area contributed by atoms with Gasteiger partial charge in [-0.05, 0) is 44.4 Å². The highest BCUT2D eigenvalue weighted by atomic mass is 19.1. The van der Waals surface area contributed by atoms with Gasteiger partial charge in [-0.25, -0.2) is 4.39 Å². The molecule has 0 amide bonds. The Morgan fingerprint density at radius 2 is 2.13 bits per heavy atom. The number of halogens is 1. The van der Waals surface area contributed by atoms with E-state index in [1.54, 1.807) is 6.07 Å². The summed E-state index contributed by atoms with van der Waals surface area (Å²) in [5.74, 6) is -0.247. The summed E-state index contributed by atoms with van der Waals surface area (Å²) in [7, 11) is 0. The monoisotopic (exact) mass is 208 g/mol. The van der Waals surface area contributed by atoms with Crippen LogP contribution in [0.15, 0.2) is 18.2 Å². The van der Waals surface area contributed by atoms with Crippen molar-refractivity contribution in [3.63, 3.8) is 0 Å². The van der Waals surface area contributed by atoms with E-state index >= 15 is 0 Å². The van der Waals surface area contributed by atoms with Crippen LogP contribution in [0, 0.1) is 5.82 Å². The van der Waals surface area contributed by atoms with Crippen molar-refractivity contribution in [2.75, 3.05) is 17.2 Å². The molecule has 2 rings (SSSR count). The quantitative estimate of drug-likeness (QED) is 0.719. The lowest BCUT2D eigenvalue weighted by Crippen LogP contribution is -2.37. The predicted molar refractivity (Wildman–Crippen MR) is 61.5 cm³/mol. The highest BCUT2D eigenvalue weighted by Gasteiger charge is 2.19.